The van der Waals surface area contributed by atoms with Crippen LogP contribution >= 0.6 is 11.8 Å². The number of carbonyl (C=O) groups excluding carboxylic acids is 1. The predicted octanol–water partition coefficient (Wildman–Crippen LogP) is 2.33. The summed E-state index contributed by atoms with van der Waals surface area (Å²) in [5.74, 6) is -0.425. The standard InChI is InChI=1S/C11H11NO3S/c1-2-14-10(13)9-12-15-11(16-9)8-6-4-3-5-7-8/h3-7,11H,2H2,1H3. The molecule has 84 valence electrons. The maximum absolute atomic E-state index is 11.4. The molecule has 0 saturated carbocycles. The second-order valence-corrected chi connectivity index (χ2v) is 4.13. The van der Waals surface area contributed by atoms with Crippen molar-refractivity contribution in [2.45, 2.75) is 12.4 Å². The molecule has 0 saturated heterocycles. The summed E-state index contributed by atoms with van der Waals surface area (Å²) < 4.78 is 4.84. The van der Waals surface area contributed by atoms with Crippen molar-refractivity contribution in [2.24, 2.45) is 5.16 Å². The third-order valence-corrected chi connectivity index (χ3v) is 3.01. The van der Waals surface area contributed by atoms with E-state index in [1.165, 1.54) is 11.8 Å². The largest absolute Gasteiger partial charge is 0.461 e. The van der Waals surface area contributed by atoms with E-state index in [0.717, 1.165) is 5.56 Å². The molecule has 1 aromatic rings. The number of carbonyl (C=O) groups is 1. The first-order valence-electron chi connectivity index (χ1n) is 4.94. The first-order valence-corrected chi connectivity index (χ1v) is 5.81. The molecule has 2 rings (SSSR count). The van der Waals surface area contributed by atoms with Crippen molar-refractivity contribution < 1.29 is 14.4 Å². The molecule has 0 aromatic heterocycles. The van der Waals surface area contributed by atoms with Crippen molar-refractivity contribution in [1.29, 1.82) is 0 Å². The summed E-state index contributed by atoms with van der Waals surface area (Å²) in [4.78, 5) is 16.5. The van der Waals surface area contributed by atoms with E-state index >= 15 is 0 Å². The van der Waals surface area contributed by atoms with Gasteiger partial charge >= 0.3 is 5.97 Å². The van der Waals surface area contributed by atoms with Crippen LogP contribution in [-0.2, 0) is 14.4 Å². The normalized spacial score (nSPS) is 18.8. The number of esters is 1. The van der Waals surface area contributed by atoms with Crippen LogP contribution < -0.4 is 0 Å². The van der Waals surface area contributed by atoms with Gasteiger partial charge in [-0.3, -0.25) is 0 Å². The molecule has 0 N–H and O–H groups in total. The van der Waals surface area contributed by atoms with E-state index in [1.807, 2.05) is 30.3 Å². The fourth-order valence-electron chi connectivity index (χ4n) is 1.26. The SMILES string of the molecule is CCOC(=O)C1=NOC(c2ccccc2)S1. The average molecular weight is 237 g/mol. The molecule has 0 bridgehead atoms. The molecule has 0 fully saturated rings. The predicted molar refractivity (Wildman–Crippen MR) is 61.9 cm³/mol. The van der Waals surface area contributed by atoms with Gasteiger partial charge in [-0.05, 0) is 18.7 Å². The summed E-state index contributed by atoms with van der Waals surface area (Å²) in [5.41, 5.74) is 0.733. The molecule has 0 aliphatic carbocycles. The number of hydrogen-bond acceptors (Lipinski definition) is 5. The monoisotopic (exact) mass is 237 g/mol. The Hall–Kier alpha value is -1.49. The van der Waals surface area contributed by atoms with Gasteiger partial charge in [0.15, 0.2) is 0 Å². The van der Waals surface area contributed by atoms with Crippen LogP contribution in [0.15, 0.2) is 35.5 Å². The molecule has 1 aliphatic rings. The number of ether oxygens (including phenoxy) is 1. The third-order valence-electron chi connectivity index (χ3n) is 1.97. The zero-order valence-electron chi connectivity index (χ0n) is 8.75. The summed E-state index contributed by atoms with van der Waals surface area (Å²) >= 11 is 1.27. The third kappa shape index (κ3) is 2.36. The van der Waals surface area contributed by atoms with Crippen molar-refractivity contribution >= 4 is 22.8 Å². The lowest BCUT2D eigenvalue weighted by molar-refractivity contribution is -0.134. The van der Waals surface area contributed by atoms with Crippen molar-refractivity contribution in [3.63, 3.8) is 0 Å². The molecule has 1 aliphatic heterocycles. The molecule has 0 radical (unpaired) electrons. The van der Waals surface area contributed by atoms with Gasteiger partial charge in [0, 0.05) is 5.56 Å². The van der Waals surface area contributed by atoms with Crippen LogP contribution in [0.4, 0.5) is 0 Å². The van der Waals surface area contributed by atoms with E-state index in [9.17, 15) is 4.79 Å². The smallest absolute Gasteiger partial charge is 0.367 e. The van der Waals surface area contributed by atoms with Crippen molar-refractivity contribution in [3.05, 3.63) is 35.9 Å². The summed E-state index contributed by atoms with van der Waals surface area (Å²) in [5, 5.41) is 3.99. The molecular weight excluding hydrogens is 226 g/mol. The Balaban J connectivity index is 1.99. The van der Waals surface area contributed by atoms with Gasteiger partial charge in [-0.25, -0.2) is 4.79 Å². The molecule has 1 aromatic carbocycles. The van der Waals surface area contributed by atoms with Crippen LogP contribution in [0.1, 0.15) is 17.9 Å². The van der Waals surface area contributed by atoms with E-state index in [2.05, 4.69) is 5.16 Å². The summed E-state index contributed by atoms with van der Waals surface area (Å²) in [6.45, 7) is 2.10. The topological polar surface area (TPSA) is 47.9 Å². The molecule has 16 heavy (non-hydrogen) atoms. The molecule has 0 amide bonds. The second-order valence-electron chi connectivity index (χ2n) is 3.08. The van der Waals surface area contributed by atoms with E-state index in [1.54, 1.807) is 6.92 Å². The van der Waals surface area contributed by atoms with Crippen LogP contribution in [-0.4, -0.2) is 17.6 Å². The van der Waals surface area contributed by atoms with E-state index < -0.39 is 5.97 Å². The van der Waals surface area contributed by atoms with E-state index in [4.69, 9.17) is 9.57 Å². The first-order chi connectivity index (χ1) is 7.81. The summed E-state index contributed by atoms with van der Waals surface area (Å²) in [6.07, 6.45) is 0. The van der Waals surface area contributed by atoms with Gasteiger partial charge in [0.2, 0.25) is 10.5 Å². The van der Waals surface area contributed by atoms with E-state index in [0.29, 0.717) is 6.61 Å². The summed E-state index contributed by atoms with van der Waals surface area (Å²) in [6, 6.07) is 9.63. The lowest BCUT2D eigenvalue weighted by Gasteiger charge is -2.06. The highest BCUT2D eigenvalue weighted by Gasteiger charge is 2.28. The fourth-order valence-corrected chi connectivity index (χ4v) is 2.08. The van der Waals surface area contributed by atoms with Gasteiger partial charge < -0.3 is 9.57 Å². The van der Waals surface area contributed by atoms with Gasteiger partial charge in [0.05, 0.1) is 6.61 Å². The Bertz CT molecular complexity index is 405. The van der Waals surface area contributed by atoms with Crippen LogP contribution in [0.2, 0.25) is 0 Å². The lowest BCUT2D eigenvalue weighted by atomic mass is 10.2. The van der Waals surface area contributed by atoms with Crippen molar-refractivity contribution in [3.8, 4) is 0 Å². The maximum atomic E-state index is 11.4. The number of nitrogens with zero attached hydrogens (tertiary/aromatic N) is 1. The van der Waals surface area contributed by atoms with E-state index in [-0.39, 0.29) is 10.5 Å². The van der Waals surface area contributed by atoms with Gasteiger partial charge in [-0.1, -0.05) is 35.5 Å². The Morgan fingerprint density at radius 1 is 1.50 bits per heavy atom. The van der Waals surface area contributed by atoms with Gasteiger partial charge in [0.25, 0.3) is 0 Å². The van der Waals surface area contributed by atoms with Gasteiger partial charge in [-0.2, -0.15) is 0 Å². The molecule has 5 heteroatoms. The molecular formula is C11H11NO3S. The maximum Gasteiger partial charge on any atom is 0.367 e. The highest BCUT2D eigenvalue weighted by atomic mass is 32.2. The Morgan fingerprint density at radius 2 is 2.25 bits per heavy atom. The van der Waals surface area contributed by atoms with Crippen LogP contribution in [0.25, 0.3) is 0 Å². The number of oxime groups is 1. The fraction of sp³-hybridized carbons (Fsp3) is 0.273. The number of benzene rings is 1. The molecule has 1 heterocycles. The second kappa shape index (κ2) is 5.03. The highest BCUT2D eigenvalue weighted by Crippen LogP contribution is 2.36. The Morgan fingerprint density at radius 3 is 2.94 bits per heavy atom. The zero-order chi connectivity index (χ0) is 11.4. The van der Waals surface area contributed by atoms with Crippen LogP contribution in [0, 0.1) is 0 Å². The minimum absolute atomic E-state index is 0.249. The minimum atomic E-state index is -0.425. The minimum Gasteiger partial charge on any atom is -0.461 e. The Kier molecular flexibility index (Phi) is 3.46. The lowest BCUT2D eigenvalue weighted by Crippen LogP contribution is -2.12. The summed E-state index contributed by atoms with van der Waals surface area (Å²) in [7, 11) is 0. The molecule has 1 atom stereocenters. The molecule has 1 unspecified atom stereocenters. The zero-order valence-corrected chi connectivity index (χ0v) is 9.57. The van der Waals surface area contributed by atoms with Gasteiger partial charge in [0.1, 0.15) is 0 Å². The van der Waals surface area contributed by atoms with Crippen molar-refractivity contribution in [1.82, 2.24) is 0 Å². The van der Waals surface area contributed by atoms with Crippen LogP contribution in [0.3, 0.4) is 0 Å². The average Bonchev–Trinajstić information content (AvgIpc) is 2.80. The molecule has 0 spiro atoms. The highest BCUT2D eigenvalue weighted by molar-refractivity contribution is 8.15. The molecule has 4 nitrogen and oxygen atoms in total. The Labute approximate surface area is 97.6 Å². The van der Waals surface area contributed by atoms with Crippen LogP contribution in [0.5, 0.6) is 0 Å². The van der Waals surface area contributed by atoms with Gasteiger partial charge in [-0.15, -0.1) is 0 Å². The number of hydrogen-bond donors (Lipinski definition) is 0. The number of rotatable bonds is 3. The first kappa shape index (κ1) is 11.0. The number of thioether (sulfide) groups is 1. The van der Waals surface area contributed by atoms with Crippen molar-refractivity contribution in [2.75, 3.05) is 6.61 Å². The quantitative estimate of drug-likeness (QED) is 0.757.